The maximum Gasteiger partial charge on any atom is 0.306 e. The van der Waals surface area contributed by atoms with Crippen LogP contribution in [0, 0.1) is 0 Å². The minimum Gasteiger partial charge on any atom is -0.466 e. The van der Waals surface area contributed by atoms with Crippen molar-refractivity contribution in [2.75, 3.05) is 13.2 Å². The zero-order valence-electron chi connectivity index (χ0n) is 12.8. The molecule has 0 bridgehead atoms. The Hall–Kier alpha value is -1.22. The fourth-order valence-electron chi connectivity index (χ4n) is 1.96. The van der Waals surface area contributed by atoms with E-state index in [4.69, 9.17) is 4.74 Å². The van der Waals surface area contributed by atoms with E-state index < -0.39 is 10.0 Å². The van der Waals surface area contributed by atoms with Crippen molar-refractivity contribution in [3.8, 4) is 0 Å². The highest BCUT2D eigenvalue weighted by Crippen LogP contribution is 2.18. The Morgan fingerprint density at radius 1 is 1.30 bits per heavy atom. The van der Waals surface area contributed by atoms with Crippen molar-refractivity contribution in [1.82, 2.24) is 4.72 Å². The average molecular weight is 374 g/mol. The Bertz CT molecular complexity index is 720. The van der Waals surface area contributed by atoms with Gasteiger partial charge in [-0.15, -0.1) is 22.7 Å². The molecule has 0 amide bonds. The lowest BCUT2D eigenvalue weighted by Crippen LogP contribution is -2.25. The van der Waals surface area contributed by atoms with Crippen LogP contribution in [-0.2, 0) is 32.4 Å². The van der Waals surface area contributed by atoms with Gasteiger partial charge in [-0.3, -0.25) is 4.79 Å². The third-order valence-electron chi connectivity index (χ3n) is 3.05. The Morgan fingerprint density at radius 3 is 2.83 bits per heavy atom. The summed E-state index contributed by atoms with van der Waals surface area (Å²) in [6.07, 6.45) is 1.66. The molecule has 2 aromatic rings. The molecule has 5 nitrogen and oxygen atoms in total. The molecule has 0 fully saturated rings. The molecule has 0 saturated heterocycles. The van der Waals surface area contributed by atoms with Gasteiger partial charge in [0.05, 0.1) is 13.0 Å². The van der Waals surface area contributed by atoms with E-state index in [0.717, 1.165) is 10.4 Å². The predicted molar refractivity (Wildman–Crippen MR) is 92.5 cm³/mol. The van der Waals surface area contributed by atoms with Gasteiger partial charge in [-0.1, -0.05) is 6.07 Å². The maximum atomic E-state index is 12.0. The van der Waals surface area contributed by atoms with Crippen molar-refractivity contribution in [1.29, 1.82) is 0 Å². The topological polar surface area (TPSA) is 72.5 Å². The van der Waals surface area contributed by atoms with Crippen LogP contribution >= 0.6 is 22.7 Å². The largest absolute Gasteiger partial charge is 0.466 e. The fourth-order valence-corrected chi connectivity index (χ4v) is 4.96. The maximum absolute atomic E-state index is 12.0. The van der Waals surface area contributed by atoms with Crippen LogP contribution in [0.3, 0.4) is 0 Å². The van der Waals surface area contributed by atoms with E-state index in [0.29, 0.717) is 36.6 Å². The van der Waals surface area contributed by atoms with Gasteiger partial charge >= 0.3 is 5.97 Å². The zero-order chi connectivity index (χ0) is 16.7. The van der Waals surface area contributed by atoms with Gasteiger partial charge in [0.1, 0.15) is 4.21 Å². The molecule has 0 unspecified atom stereocenters. The number of aryl methyl sites for hydroxylation is 1. The van der Waals surface area contributed by atoms with Crippen molar-refractivity contribution in [3.05, 3.63) is 39.4 Å². The number of hydrogen-bond acceptors (Lipinski definition) is 6. The van der Waals surface area contributed by atoms with Crippen molar-refractivity contribution < 1.29 is 17.9 Å². The monoisotopic (exact) mass is 373 g/mol. The molecule has 0 aromatic carbocycles. The first-order chi connectivity index (χ1) is 11.0. The summed E-state index contributed by atoms with van der Waals surface area (Å²) in [5.74, 6) is -0.189. The molecule has 126 valence electrons. The lowest BCUT2D eigenvalue weighted by molar-refractivity contribution is -0.143. The summed E-state index contributed by atoms with van der Waals surface area (Å²) < 4.78 is 31.8. The van der Waals surface area contributed by atoms with Gasteiger partial charge in [0.25, 0.3) is 0 Å². The lowest BCUT2D eigenvalue weighted by atomic mass is 10.2. The van der Waals surface area contributed by atoms with Crippen molar-refractivity contribution >= 4 is 38.7 Å². The number of thiophene rings is 2. The Kier molecular flexibility index (Phi) is 6.76. The second kappa shape index (κ2) is 8.58. The third kappa shape index (κ3) is 5.72. The van der Waals surface area contributed by atoms with Gasteiger partial charge in [0.15, 0.2) is 0 Å². The van der Waals surface area contributed by atoms with Gasteiger partial charge in [0.2, 0.25) is 10.0 Å². The highest BCUT2D eigenvalue weighted by atomic mass is 32.2. The van der Waals surface area contributed by atoms with Gasteiger partial charge < -0.3 is 4.74 Å². The standard InChI is InChI=1S/C15H19NO4S3/c1-2-20-14(17)6-5-13-10-12(11-22-13)7-8-16-23(18,19)15-4-3-9-21-15/h3-4,9-11,16H,2,5-8H2,1H3. The molecule has 0 spiro atoms. The zero-order valence-corrected chi connectivity index (χ0v) is 15.2. The number of nitrogens with one attached hydrogen (secondary N) is 1. The van der Waals surface area contributed by atoms with Crippen molar-refractivity contribution in [2.45, 2.75) is 30.4 Å². The minimum absolute atomic E-state index is 0.189. The molecule has 0 saturated carbocycles. The summed E-state index contributed by atoms with van der Waals surface area (Å²) in [6.45, 7) is 2.55. The number of hydrogen-bond donors (Lipinski definition) is 1. The van der Waals surface area contributed by atoms with Gasteiger partial charge in [0, 0.05) is 11.4 Å². The smallest absolute Gasteiger partial charge is 0.306 e. The van der Waals surface area contributed by atoms with Crippen LogP contribution in [0.4, 0.5) is 0 Å². The number of rotatable bonds is 9. The summed E-state index contributed by atoms with van der Waals surface area (Å²) in [5.41, 5.74) is 1.07. The van der Waals surface area contributed by atoms with Crippen LogP contribution in [0.15, 0.2) is 33.2 Å². The molecule has 0 radical (unpaired) electrons. The van der Waals surface area contributed by atoms with Crippen LogP contribution in [0.2, 0.25) is 0 Å². The predicted octanol–water partition coefficient (Wildman–Crippen LogP) is 2.83. The van der Waals surface area contributed by atoms with E-state index in [2.05, 4.69) is 4.72 Å². The lowest BCUT2D eigenvalue weighted by Gasteiger charge is -2.03. The first-order valence-electron chi connectivity index (χ1n) is 7.26. The highest BCUT2D eigenvalue weighted by molar-refractivity contribution is 7.91. The second-order valence-corrected chi connectivity index (χ2v) is 8.74. The van der Waals surface area contributed by atoms with Crippen LogP contribution < -0.4 is 4.72 Å². The van der Waals surface area contributed by atoms with Crippen LogP contribution in [-0.4, -0.2) is 27.5 Å². The van der Waals surface area contributed by atoms with E-state index in [1.54, 1.807) is 35.8 Å². The van der Waals surface area contributed by atoms with E-state index in [1.807, 2.05) is 11.4 Å². The third-order valence-corrected chi connectivity index (χ3v) is 6.96. The molecule has 0 aliphatic heterocycles. The second-order valence-electron chi connectivity index (χ2n) is 4.81. The number of sulfonamides is 1. The normalized spacial score (nSPS) is 11.5. The molecular weight excluding hydrogens is 354 g/mol. The first-order valence-corrected chi connectivity index (χ1v) is 10.5. The summed E-state index contributed by atoms with van der Waals surface area (Å²) in [7, 11) is -3.40. The Morgan fingerprint density at radius 2 is 2.13 bits per heavy atom. The van der Waals surface area contributed by atoms with E-state index in [9.17, 15) is 13.2 Å². The number of carbonyl (C=O) groups is 1. The van der Waals surface area contributed by atoms with Gasteiger partial charge in [-0.05, 0) is 48.2 Å². The number of ether oxygens (including phenoxy) is 1. The molecule has 2 heterocycles. The molecule has 2 aromatic heterocycles. The van der Waals surface area contributed by atoms with Crippen LogP contribution in [0.25, 0.3) is 0 Å². The molecule has 0 atom stereocenters. The van der Waals surface area contributed by atoms with Crippen molar-refractivity contribution in [3.63, 3.8) is 0 Å². The molecule has 0 aliphatic rings. The summed E-state index contributed by atoms with van der Waals surface area (Å²) in [5, 5.41) is 3.74. The summed E-state index contributed by atoms with van der Waals surface area (Å²) in [6, 6.07) is 5.32. The molecule has 8 heteroatoms. The summed E-state index contributed by atoms with van der Waals surface area (Å²) in [4.78, 5) is 12.4. The van der Waals surface area contributed by atoms with Crippen molar-refractivity contribution in [2.24, 2.45) is 0 Å². The molecule has 1 N–H and O–H groups in total. The fraction of sp³-hybridized carbons (Fsp3) is 0.400. The van der Waals surface area contributed by atoms with Crippen LogP contribution in [0.5, 0.6) is 0 Å². The first kappa shape index (κ1) is 18.1. The Balaban J connectivity index is 1.78. The minimum atomic E-state index is -3.40. The average Bonchev–Trinajstić information content (AvgIpc) is 3.17. The van der Waals surface area contributed by atoms with E-state index in [1.165, 1.54) is 11.3 Å². The Labute approximate surface area is 144 Å². The van der Waals surface area contributed by atoms with E-state index in [-0.39, 0.29) is 5.97 Å². The van der Waals surface area contributed by atoms with E-state index >= 15 is 0 Å². The molecule has 0 aliphatic carbocycles. The number of carbonyl (C=O) groups excluding carboxylic acids is 1. The van der Waals surface area contributed by atoms with Gasteiger partial charge in [-0.25, -0.2) is 13.1 Å². The molecule has 23 heavy (non-hydrogen) atoms. The van der Waals surface area contributed by atoms with Crippen LogP contribution in [0.1, 0.15) is 23.8 Å². The molecular formula is C15H19NO4S3. The highest BCUT2D eigenvalue weighted by Gasteiger charge is 2.14. The summed E-state index contributed by atoms with van der Waals surface area (Å²) >= 11 is 2.78. The SMILES string of the molecule is CCOC(=O)CCc1cc(CCNS(=O)(=O)c2cccs2)cs1. The molecule has 2 rings (SSSR count). The quantitative estimate of drug-likeness (QED) is 0.686. The number of esters is 1. The van der Waals surface area contributed by atoms with Gasteiger partial charge in [-0.2, -0.15) is 0 Å².